The zero-order valence-corrected chi connectivity index (χ0v) is 24.4. The third kappa shape index (κ3) is 5.21. The Hall–Kier alpha value is -3.41. The van der Waals surface area contributed by atoms with Crippen LogP contribution in [0.5, 0.6) is 11.5 Å². The van der Waals surface area contributed by atoms with Crippen molar-refractivity contribution in [1.82, 2.24) is 19.2 Å². The number of ether oxygens (including phenoxy) is 2. The number of aromatic nitrogens is 2. The van der Waals surface area contributed by atoms with Gasteiger partial charge < -0.3 is 14.4 Å². The number of aryl methyl sites for hydroxylation is 1. The lowest BCUT2D eigenvalue weighted by molar-refractivity contribution is -0.122. The van der Waals surface area contributed by atoms with Crippen LogP contribution in [-0.2, 0) is 11.3 Å². The maximum absolute atomic E-state index is 13.8. The highest BCUT2D eigenvalue weighted by atomic mass is 32.2. The van der Waals surface area contributed by atoms with E-state index in [-0.39, 0.29) is 24.2 Å². The topological polar surface area (TPSA) is 79.6 Å². The summed E-state index contributed by atoms with van der Waals surface area (Å²) in [6.07, 6.45) is 3.48. The second-order valence-corrected chi connectivity index (χ2v) is 12.4. The van der Waals surface area contributed by atoms with E-state index in [2.05, 4.69) is 29.7 Å². The van der Waals surface area contributed by atoms with Crippen molar-refractivity contribution in [3.05, 3.63) is 68.5 Å². The predicted octanol–water partition coefficient (Wildman–Crippen LogP) is 3.91. The van der Waals surface area contributed by atoms with Crippen LogP contribution in [0.1, 0.15) is 30.5 Å². The van der Waals surface area contributed by atoms with Crippen molar-refractivity contribution < 1.29 is 14.3 Å². The van der Waals surface area contributed by atoms with E-state index < -0.39 is 0 Å². The van der Waals surface area contributed by atoms with E-state index in [1.165, 1.54) is 17.3 Å². The van der Waals surface area contributed by atoms with Crippen LogP contribution in [0.25, 0.3) is 11.7 Å². The van der Waals surface area contributed by atoms with E-state index in [0.717, 1.165) is 36.7 Å². The number of piperazine rings is 1. The summed E-state index contributed by atoms with van der Waals surface area (Å²) in [7, 11) is 0. The van der Waals surface area contributed by atoms with Crippen molar-refractivity contribution >= 4 is 51.7 Å². The van der Waals surface area contributed by atoms with Crippen molar-refractivity contribution in [2.75, 3.05) is 44.4 Å². The van der Waals surface area contributed by atoms with Gasteiger partial charge in [0.25, 0.3) is 11.5 Å². The number of nitrogens with zero attached hydrogens (tertiary/aromatic N) is 5. The van der Waals surface area contributed by atoms with Crippen molar-refractivity contribution in [2.45, 2.75) is 27.3 Å². The van der Waals surface area contributed by atoms with Gasteiger partial charge in [-0.25, -0.2) is 4.98 Å². The number of hydrogen-bond acceptors (Lipinski definition) is 9. The number of carbonyl (C=O) groups excluding carboxylic acids is 1. The fraction of sp³-hybridized carbons (Fsp3) is 0.379. The molecule has 1 aromatic carbocycles. The second kappa shape index (κ2) is 10.9. The third-order valence-electron chi connectivity index (χ3n) is 7.20. The van der Waals surface area contributed by atoms with E-state index in [4.69, 9.17) is 26.7 Å². The molecule has 0 bridgehead atoms. The van der Waals surface area contributed by atoms with Crippen molar-refractivity contribution in [3.63, 3.8) is 0 Å². The normalized spacial score (nSPS) is 18.6. The molecule has 208 valence electrons. The second-order valence-electron chi connectivity index (χ2n) is 10.7. The Morgan fingerprint density at radius 1 is 1.07 bits per heavy atom. The van der Waals surface area contributed by atoms with Crippen LogP contribution in [0, 0.1) is 12.8 Å². The van der Waals surface area contributed by atoms with Gasteiger partial charge in [-0.2, -0.15) is 0 Å². The van der Waals surface area contributed by atoms with Gasteiger partial charge in [-0.15, -0.1) is 0 Å². The molecule has 0 saturated carbocycles. The average molecular weight is 578 g/mol. The Balaban J connectivity index is 1.29. The minimum Gasteiger partial charge on any atom is -0.454 e. The quantitative estimate of drug-likeness (QED) is 0.320. The lowest BCUT2D eigenvalue weighted by atomic mass is 10.1. The summed E-state index contributed by atoms with van der Waals surface area (Å²) >= 11 is 6.75. The van der Waals surface area contributed by atoms with E-state index >= 15 is 0 Å². The molecular formula is C29H31N5O4S2. The maximum atomic E-state index is 13.8. The van der Waals surface area contributed by atoms with Crippen LogP contribution in [0.15, 0.2) is 46.2 Å². The van der Waals surface area contributed by atoms with Gasteiger partial charge in [-0.05, 0) is 48.2 Å². The lowest BCUT2D eigenvalue weighted by Gasteiger charge is -2.36. The molecule has 0 radical (unpaired) electrons. The molecule has 2 saturated heterocycles. The summed E-state index contributed by atoms with van der Waals surface area (Å²) in [6, 6.07) is 9.88. The molecule has 2 aromatic heterocycles. The molecule has 0 unspecified atom stereocenters. The van der Waals surface area contributed by atoms with E-state index in [1.54, 1.807) is 21.6 Å². The molecule has 0 spiro atoms. The zero-order chi connectivity index (χ0) is 28.0. The number of anilines is 1. The molecule has 11 heteroatoms. The average Bonchev–Trinajstić information content (AvgIpc) is 3.50. The van der Waals surface area contributed by atoms with Gasteiger partial charge in [0, 0.05) is 45.5 Å². The number of benzene rings is 1. The fourth-order valence-corrected chi connectivity index (χ4v) is 6.44. The Morgan fingerprint density at radius 3 is 2.62 bits per heavy atom. The molecule has 0 N–H and O–H groups in total. The predicted molar refractivity (Wildman–Crippen MR) is 161 cm³/mol. The molecule has 9 nitrogen and oxygen atoms in total. The molecule has 40 heavy (non-hydrogen) atoms. The van der Waals surface area contributed by atoms with Crippen LogP contribution in [0.4, 0.5) is 5.82 Å². The van der Waals surface area contributed by atoms with E-state index in [9.17, 15) is 9.59 Å². The molecule has 5 heterocycles. The first-order valence-electron chi connectivity index (χ1n) is 13.4. The molecular weight excluding hydrogens is 546 g/mol. The zero-order valence-electron chi connectivity index (χ0n) is 22.8. The Kier molecular flexibility index (Phi) is 7.28. The molecule has 0 aliphatic carbocycles. The molecule has 0 atom stereocenters. The van der Waals surface area contributed by atoms with Crippen LogP contribution in [-0.4, -0.2) is 68.9 Å². The summed E-state index contributed by atoms with van der Waals surface area (Å²) in [5.74, 6) is 2.30. The van der Waals surface area contributed by atoms with Gasteiger partial charge >= 0.3 is 0 Å². The smallest absolute Gasteiger partial charge is 0.267 e. The highest BCUT2D eigenvalue weighted by molar-refractivity contribution is 8.26. The number of fused-ring (bicyclic) bond motifs is 2. The lowest BCUT2D eigenvalue weighted by Crippen LogP contribution is -2.47. The highest BCUT2D eigenvalue weighted by Crippen LogP contribution is 2.35. The first-order valence-corrected chi connectivity index (χ1v) is 14.6. The minimum atomic E-state index is -0.194. The maximum Gasteiger partial charge on any atom is 0.267 e. The SMILES string of the molecule is Cc1ccc2nc(N3CCN(Cc4ccc5c(c4)OCO5)CC3)c(C=C3SC(=S)N(CC(C)C)C3=O)c(=O)n2c1. The number of thiocarbonyl (C=S) groups is 1. The minimum absolute atomic E-state index is 0.156. The van der Waals surface area contributed by atoms with Crippen LogP contribution < -0.4 is 19.9 Å². The molecule has 3 aliphatic rings. The van der Waals surface area contributed by atoms with Gasteiger partial charge in [-0.3, -0.25) is 23.8 Å². The first-order chi connectivity index (χ1) is 19.3. The monoisotopic (exact) mass is 577 g/mol. The Labute approximate surface area is 242 Å². The van der Waals surface area contributed by atoms with E-state index in [1.807, 2.05) is 31.2 Å². The summed E-state index contributed by atoms with van der Waals surface area (Å²) in [4.78, 5) is 38.6. The number of thioether (sulfide) groups is 1. The number of hydrogen-bond donors (Lipinski definition) is 0. The van der Waals surface area contributed by atoms with Crippen molar-refractivity contribution in [1.29, 1.82) is 0 Å². The number of carbonyl (C=O) groups is 1. The standard InChI is InChI=1S/C29H31N5O4S2/c1-18(2)14-34-28(36)24(40-29(34)39)13-21-26(30-25-7-4-19(3)15-33(25)27(21)35)32-10-8-31(9-11-32)16-20-5-6-22-23(12-20)38-17-37-22/h4-7,12-13,15,18H,8-11,14,16-17H2,1-3H3. The van der Waals surface area contributed by atoms with Crippen molar-refractivity contribution in [2.24, 2.45) is 5.92 Å². The summed E-state index contributed by atoms with van der Waals surface area (Å²) in [6.45, 7) is 10.7. The van der Waals surface area contributed by atoms with Crippen LogP contribution in [0.3, 0.4) is 0 Å². The first kappa shape index (κ1) is 26.8. The molecule has 1 amide bonds. The van der Waals surface area contributed by atoms with Crippen LogP contribution in [0.2, 0.25) is 0 Å². The summed E-state index contributed by atoms with van der Waals surface area (Å²) < 4.78 is 13.1. The molecule has 3 aliphatic heterocycles. The number of rotatable bonds is 6. The largest absolute Gasteiger partial charge is 0.454 e. The number of amides is 1. The van der Waals surface area contributed by atoms with Gasteiger partial charge in [0.05, 0.1) is 10.5 Å². The van der Waals surface area contributed by atoms with Gasteiger partial charge in [-0.1, -0.05) is 50.0 Å². The molecule has 6 rings (SSSR count). The molecule has 3 aromatic rings. The summed E-state index contributed by atoms with van der Waals surface area (Å²) in [5.41, 5.74) is 2.92. The third-order valence-corrected chi connectivity index (χ3v) is 8.57. The highest BCUT2D eigenvalue weighted by Gasteiger charge is 2.33. The Morgan fingerprint density at radius 2 is 1.85 bits per heavy atom. The summed E-state index contributed by atoms with van der Waals surface area (Å²) in [5, 5.41) is 0. The van der Waals surface area contributed by atoms with Gasteiger partial charge in [0.15, 0.2) is 11.5 Å². The van der Waals surface area contributed by atoms with Gasteiger partial charge in [0.1, 0.15) is 15.8 Å². The van der Waals surface area contributed by atoms with Gasteiger partial charge in [0.2, 0.25) is 6.79 Å². The molecule has 2 fully saturated rings. The number of pyridine rings is 1. The van der Waals surface area contributed by atoms with E-state index in [0.29, 0.717) is 45.9 Å². The Bertz CT molecular complexity index is 1590. The van der Waals surface area contributed by atoms with Crippen molar-refractivity contribution in [3.8, 4) is 11.5 Å². The van der Waals surface area contributed by atoms with Crippen LogP contribution >= 0.6 is 24.0 Å². The fourth-order valence-electron chi connectivity index (χ4n) is 5.18.